The Labute approximate surface area is 148 Å². The molecule has 0 N–H and O–H groups in total. The summed E-state index contributed by atoms with van der Waals surface area (Å²) < 4.78 is 13.5. The van der Waals surface area contributed by atoms with Crippen molar-refractivity contribution in [3.63, 3.8) is 0 Å². The molecule has 5 heteroatoms. The first-order valence-corrected chi connectivity index (χ1v) is 18.1. The number of hydrogen-bond acceptors (Lipinski definition) is 2. The van der Waals surface area contributed by atoms with Gasteiger partial charge in [-0.25, -0.2) is 0 Å². The fourth-order valence-electron chi connectivity index (χ4n) is 3.32. The number of rotatable bonds is 11. The van der Waals surface area contributed by atoms with Crippen molar-refractivity contribution in [1.29, 1.82) is 0 Å². The van der Waals surface area contributed by atoms with Gasteiger partial charge in [0.25, 0.3) is 0 Å². The Morgan fingerprint density at radius 3 is 1.70 bits per heavy atom. The summed E-state index contributed by atoms with van der Waals surface area (Å²) >= 11 is 0. The summed E-state index contributed by atoms with van der Waals surface area (Å²) in [5, 5.41) is -0.0405. The van der Waals surface area contributed by atoms with Gasteiger partial charge in [0, 0.05) is 0 Å². The molecule has 0 saturated carbocycles. The molecule has 136 valence electrons. The third-order valence-corrected chi connectivity index (χ3v) is 14.9. The first-order valence-electron chi connectivity index (χ1n) is 9.02. The van der Waals surface area contributed by atoms with Gasteiger partial charge >= 0.3 is 0 Å². The van der Waals surface area contributed by atoms with Crippen molar-refractivity contribution in [3.05, 3.63) is 24.6 Å². The molecule has 0 radical (unpaired) electrons. The van der Waals surface area contributed by atoms with E-state index in [0.717, 1.165) is 19.3 Å². The van der Waals surface area contributed by atoms with Gasteiger partial charge in [0.15, 0.2) is 0 Å². The molecule has 0 aromatic carbocycles. The van der Waals surface area contributed by atoms with Gasteiger partial charge in [-0.2, -0.15) is 0 Å². The van der Waals surface area contributed by atoms with Gasteiger partial charge < -0.3 is 8.85 Å². The Morgan fingerprint density at radius 2 is 1.39 bits per heavy atom. The first-order chi connectivity index (χ1) is 10.4. The molecule has 23 heavy (non-hydrogen) atoms. The van der Waals surface area contributed by atoms with Crippen LogP contribution in [0.15, 0.2) is 24.6 Å². The third kappa shape index (κ3) is 5.53. The van der Waals surface area contributed by atoms with Crippen LogP contribution in [0.1, 0.15) is 40.0 Å². The SMILES string of the molecule is C=C[Si](C)(C)OC(CC)[Si](C)(C)OC(CC)(CC)[Si](C)(C)C=C. The lowest BCUT2D eigenvalue weighted by atomic mass is 10.2. The summed E-state index contributed by atoms with van der Waals surface area (Å²) in [6, 6.07) is 0. The maximum Gasteiger partial charge on any atom is 0.214 e. The van der Waals surface area contributed by atoms with E-state index in [2.05, 4.69) is 78.9 Å². The van der Waals surface area contributed by atoms with E-state index < -0.39 is 24.7 Å². The summed E-state index contributed by atoms with van der Waals surface area (Å²) in [5.74, 6) is 0. The fraction of sp³-hybridized carbons (Fsp3) is 0.778. The number of hydrogen-bond donors (Lipinski definition) is 0. The molecule has 1 atom stereocenters. The van der Waals surface area contributed by atoms with Crippen molar-refractivity contribution >= 4 is 24.7 Å². The molecule has 0 bridgehead atoms. The van der Waals surface area contributed by atoms with Crippen molar-refractivity contribution in [1.82, 2.24) is 0 Å². The van der Waals surface area contributed by atoms with Crippen LogP contribution in [-0.4, -0.2) is 35.7 Å². The van der Waals surface area contributed by atoms with Crippen LogP contribution in [-0.2, 0) is 8.85 Å². The van der Waals surface area contributed by atoms with Gasteiger partial charge in [0.2, 0.25) is 16.6 Å². The van der Waals surface area contributed by atoms with Crippen molar-refractivity contribution in [2.75, 3.05) is 0 Å². The maximum atomic E-state index is 7.02. The molecular weight excluding hydrogens is 332 g/mol. The van der Waals surface area contributed by atoms with Crippen LogP contribution in [0.5, 0.6) is 0 Å². The smallest absolute Gasteiger partial charge is 0.214 e. The van der Waals surface area contributed by atoms with E-state index in [1.165, 1.54) is 0 Å². The highest BCUT2D eigenvalue weighted by atomic mass is 28.4. The van der Waals surface area contributed by atoms with E-state index in [4.69, 9.17) is 8.85 Å². The van der Waals surface area contributed by atoms with Gasteiger partial charge in [-0.15, -0.1) is 13.2 Å². The second-order valence-corrected chi connectivity index (χ2v) is 20.8. The molecule has 0 rings (SSSR count). The van der Waals surface area contributed by atoms with Crippen molar-refractivity contribution in [2.24, 2.45) is 0 Å². The van der Waals surface area contributed by atoms with E-state index in [9.17, 15) is 0 Å². The van der Waals surface area contributed by atoms with Crippen LogP contribution >= 0.6 is 0 Å². The summed E-state index contributed by atoms with van der Waals surface area (Å²) in [6.45, 7) is 28.6. The topological polar surface area (TPSA) is 18.5 Å². The molecular formula is C18H40O2Si3. The second-order valence-electron chi connectivity index (χ2n) is 8.16. The molecule has 0 saturated heterocycles. The average molecular weight is 373 g/mol. The Bertz CT molecular complexity index is 399. The monoisotopic (exact) mass is 372 g/mol. The summed E-state index contributed by atoms with van der Waals surface area (Å²) in [6.07, 6.45) is 3.09. The summed E-state index contributed by atoms with van der Waals surface area (Å²) in [4.78, 5) is 0. The van der Waals surface area contributed by atoms with Gasteiger partial charge in [-0.3, -0.25) is 0 Å². The lowest BCUT2D eigenvalue weighted by Crippen LogP contribution is -2.63. The predicted octanol–water partition coefficient (Wildman–Crippen LogP) is 6.00. The van der Waals surface area contributed by atoms with Gasteiger partial charge in [0.1, 0.15) is 8.07 Å². The molecule has 0 aliphatic rings. The quantitative estimate of drug-likeness (QED) is 0.414. The van der Waals surface area contributed by atoms with Gasteiger partial charge in [-0.1, -0.05) is 45.3 Å². The van der Waals surface area contributed by atoms with E-state index in [0.29, 0.717) is 0 Å². The van der Waals surface area contributed by atoms with Crippen molar-refractivity contribution in [2.45, 2.75) is 90.3 Å². The normalized spacial score (nSPS) is 15.3. The van der Waals surface area contributed by atoms with Gasteiger partial charge in [-0.05, 0) is 45.5 Å². The zero-order chi connectivity index (χ0) is 18.5. The first kappa shape index (κ1) is 23.1. The predicted molar refractivity (Wildman–Crippen MR) is 112 cm³/mol. The lowest BCUT2D eigenvalue weighted by Gasteiger charge is -2.50. The standard InChI is InChI=1S/C18H40O2Si3/c1-12-17(19-22(8,9)16-5)23(10,11)20-18(13-2,14-3)21(6,7)15-4/h15-17H,4-5,12-14H2,1-3,6-11H3. The van der Waals surface area contributed by atoms with Crippen LogP contribution in [0.3, 0.4) is 0 Å². The molecule has 0 aromatic rings. The average Bonchev–Trinajstić information content (AvgIpc) is 2.49. The third-order valence-electron chi connectivity index (χ3n) is 5.37. The van der Waals surface area contributed by atoms with Crippen LogP contribution < -0.4 is 0 Å². The van der Waals surface area contributed by atoms with E-state index >= 15 is 0 Å². The lowest BCUT2D eigenvalue weighted by molar-refractivity contribution is 0.101. The molecule has 0 spiro atoms. The van der Waals surface area contributed by atoms with Crippen LogP contribution in [0.2, 0.25) is 39.3 Å². The molecule has 0 heterocycles. The minimum Gasteiger partial charge on any atom is -0.412 e. The van der Waals surface area contributed by atoms with E-state index in [1.54, 1.807) is 0 Å². The van der Waals surface area contributed by atoms with Crippen LogP contribution in [0.25, 0.3) is 0 Å². The minimum atomic E-state index is -2.01. The summed E-state index contributed by atoms with van der Waals surface area (Å²) in [5.41, 5.74) is 4.43. The summed E-state index contributed by atoms with van der Waals surface area (Å²) in [7, 11) is -5.50. The zero-order valence-electron chi connectivity index (χ0n) is 17.1. The highest BCUT2D eigenvalue weighted by molar-refractivity contribution is 6.86. The molecule has 0 aromatic heterocycles. The fourth-order valence-corrected chi connectivity index (χ4v) is 12.8. The molecule has 0 amide bonds. The highest BCUT2D eigenvalue weighted by Crippen LogP contribution is 2.37. The largest absolute Gasteiger partial charge is 0.412 e. The van der Waals surface area contributed by atoms with Crippen LogP contribution in [0, 0.1) is 0 Å². The molecule has 0 aliphatic carbocycles. The Morgan fingerprint density at radius 1 is 0.913 bits per heavy atom. The van der Waals surface area contributed by atoms with E-state index in [1.807, 2.05) is 5.70 Å². The maximum absolute atomic E-state index is 7.02. The molecule has 0 aliphatic heterocycles. The molecule has 0 fully saturated rings. The molecule has 1 unspecified atom stereocenters. The Kier molecular flexibility index (Phi) is 8.45. The Balaban J connectivity index is 5.61. The van der Waals surface area contributed by atoms with Crippen molar-refractivity contribution < 1.29 is 8.85 Å². The highest BCUT2D eigenvalue weighted by Gasteiger charge is 2.49. The molecule has 2 nitrogen and oxygen atoms in total. The van der Waals surface area contributed by atoms with Gasteiger partial charge in [0.05, 0.1) is 11.0 Å². The Hall–Kier alpha value is 0.0506. The van der Waals surface area contributed by atoms with Crippen molar-refractivity contribution in [3.8, 4) is 0 Å². The van der Waals surface area contributed by atoms with E-state index in [-0.39, 0.29) is 11.0 Å². The van der Waals surface area contributed by atoms with Crippen LogP contribution in [0.4, 0.5) is 0 Å². The minimum absolute atomic E-state index is 0.0405. The zero-order valence-corrected chi connectivity index (χ0v) is 20.1. The second kappa shape index (κ2) is 8.43.